The van der Waals surface area contributed by atoms with E-state index in [9.17, 15) is 4.79 Å². The van der Waals surface area contributed by atoms with Crippen molar-refractivity contribution in [1.82, 2.24) is 0 Å². The number of carbonyl (C=O) groups is 1. The van der Waals surface area contributed by atoms with Crippen LogP contribution in [0.15, 0.2) is 0 Å². The topological polar surface area (TPSA) is 55.8 Å². The Kier molecular flexibility index (Phi) is 6.09. The van der Waals surface area contributed by atoms with E-state index >= 15 is 0 Å². The molecule has 0 aliphatic heterocycles. The van der Waals surface area contributed by atoms with Crippen molar-refractivity contribution in [2.75, 3.05) is 19.8 Å². The van der Waals surface area contributed by atoms with Crippen LogP contribution in [0.5, 0.6) is 0 Å². The maximum Gasteiger partial charge on any atom is 0.332 e. The molecule has 1 aliphatic rings. The van der Waals surface area contributed by atoms with E-state index in [1.165, 1.54) is 0 Å². The number of esters is 1. The molecule has 0 bridgehead atoms. The number of rotatable bonds is 5. The van der Waals surface area contributed by atoms with Gasteiger partial charge in [0.05, 0.1) is 6.61 Å². The van der Waals surface area contributed by atoms with Crippen LogP contribution in [-0.2, 0) is 14.3 Å². The largest absolute Gasteiger partial charge is 0.458 e. The molecule has 1 saturated carbocycles. The van der Waals surface area contributed by atoms with Gasteiger partial charge in [-0.05, 0) is 51.9 Å². The van der Waals surface area contributed by atoms with E-state index in [0.29, 0.717) is 18.4 Å². The molecule has 1 fully saturated rings. The van der Waals surface area contributed by atoms with E-state index in [-0.39, 0.29) is 19.2 Å². The first-order valence-electron chi connectivity index (χ1n) is 6.81. The Morgan fingerprint density at radius 1 is 1.28 bits per heavy atom. The summed E-state index contributed by atoms with van der Waals surface area (Å²) in [6.07, 6.45) is 4.39. The summed E-state index contributed by atoms with van der Waals surface area (Å²) < 4.78 is 10.6. The van der Waals surface area contributed by atoms with Crippen LogP contribution in [0.1, 0.15) is 46.5 Å². The number of aliphatic hydroxyl groups excluding tert-OH is 1. The third kappa shape index (κ3) is 6.36. The molecule has 0 heterocycles. The van der Waals surface area contributed by atoms with E-state index in [0.717, 1.165) is 25.7 Å². The average molecular weight is 258 g/mol. The molecule has 1 rings (SSSR count). The minimum absolute atomic E-state index is 0.0254. The normalized spacial score (nSPS) is 24.9. The molecule has 1 N–H and O–H groups in total. The molecule has 106 valence electrons. The highest BCUT2D eigenvalue weighted by molar-refractivity contribution is 5.71. The van der Waals surface area contributed by atoms with Crippen molar-refractivity contribution in [3.05, 3.63) is 0 Å². The molecule has 0 saturated heterocycles. The van der Waals surface area contributed by atoms with Gasteiger partial charge in [-0.1, -0.05) is 6.42 Å². The van der Waals surface area contributed by atoms with Crippen LogP contribution in [0.2, 0.25) is 0 Å². The van der Waals surface area contributed by atoms with Crippen molar-refractivity contribution in [1.29, 1.82) is 0 Å². The lowest BCUT2D eigenvalue weighted by Gasteiger charge is -2.27. The molecule has 0 radical (unpaired) electrons. The highest BCUT2D eigenvalue weighted by atomic mass is 16.6. The standard InChI is InChI=1S/C14H26O4/c1-14(2,3)18-13(16)10-17-9-12-6-4-5-11(7-12)8-15/h11-12,15H,4-10H2,1-3H3/t11-,12+/m1/s1. The fourth-order valence-corrected chi connectivity index (χ4v) is 2.40. The van der Waals surface area contributed by atoms with Crippen LogP contribution in [0.4, 0.5) is 0 Å². The molecule has 0 aromatic carbocycles. The van der Waals surface area contributed by atoms with E-state index < -0.39 is 5.60 Å². The summed E-state index contributed by atoms with van der Waals surface area (Å²) in [6.45, 7) is 6.42. The lowest BCUT2D eigenvalue weighted by Crippen LogP contribution is -2.28. The highest BCUT2D eigenvalue weighted by Crippen LogP contribution is 2.28. The average Bonchev–Trinajstić information content (AvgIpc) is 2.27. The van der Waals surface area contributed by atoms with Gasteiger partial charge in [0.15, 0.2) is 0 Å². The zero-order valence-electron chi connectivity index (χ0n) is 11.8. The van der Waals surface area contributed by atoms with E-state index in [4.69, 9.17) is 14.6 Å². The Morgan fingerprint density at radius 3 is 2.56 bits per heavy atom. The van der Waals surface area contributed by atoms with Crippen LogP contribution in [0.3, 0.4) is 0 Å². The van der Waals surface area contributed by atoms with Gasteiger partial charge in [0.1, 0.15) is 12.2 Å². The van der Waals surface area contributed by atoms with E-state index in [1.807, 2.05) is 20.8 Å². The number of hydrogen-bond acceptors (Lipinski definition) is 4. The third-order valence-electron chi connectivity index (χ3n) is 3.14. The number of ether oxygens (including phenoxy) is 2. The second-order valence-electron chi connectivity index (χ2n) is 6.18. The summed E-state index contributed by atoms with van der Waals surface area (Å²) in [7, 11) is 0. The molecule has 0 unspecified atom stereocenters. The van der Waals surface area contributed by atoms with Crippen molar-refractivity contribution < 1.29 is 19.4 Å². The van der Waals surface area contributed by atoms with E-state index in [1.54, 1.807) is 0 Å². The summed E-state index contributed by atoms with van der Waals surface area (Å²) in [5, 5.41) is 9.14. The number of hydrogen-bond donors (Lipinski definition) is 1. The highest BCUT2D eigenvalue weighted by Gasteiger charge is 2.22. The molecule has 0 aromatic rings. The summed E-state index contributed by atoms with van der Waals surface area (Å²) in [4.78, 5) is 11.4. The van der Waals surface area contributed by atoms with Gasteiger partial charge < -0.3 is 14.6 Å². The molecule has 4 heteroatoms. The second kappa shape index (κ2) is 7.10. The Bertz CT molecular complexity index is 257. The molecule has 4 nitrogen and oxygen atoms in total. The van der Waals surface area contributed by atoms with Gasteiger partial charge in [-0.2, -0.15) is 0 Å². The molecule has 1 aliphatic carbocycles. The van der Waals surface area contributed by atoms with Crippen LogP contribution in [0, 0.1) is 11.8 Å². The number of aliphatic hydroxyl groups is 1. The predicted molar refractivity (Wildman–Crippen MR) is 69.2 cm³/mol. The van der Waals surface area contributed by atoms with Crippen LogP contribution < -0.4 is 0 Å². The summed E-state index contributed by atoms with van der Waals surface area (Å²) >= 11 is 0. The molecule has 0 amide bonds. The van der Waals surface area contributed by atoms with Gasteiger partial charge in [0.25, 0.3) is 0 Å². The first-order valence-corrected chi connectivity index (χ1v) is 6.81. The molecular formula is C14H26O4. The Balaban J connectivity index is 2.15. The minimum atomic E-state index is -0.451. The maximum atomic E-state index is 11.4. The smallest absolute Gasteiger partial charge is 0.332 e. The van der Waals surface area contributed by atoms with Crippen molar-refractivity contribution in [3.63, 3.8) is 0 Å². The SMILES string of the molecule is CC(C)(C)OC(=O)COC[C@H]1CCC[C@@H](CO)C1. The van der Waals surface area contributed by atoms with Gasteiger partial charge in [-0.3, -0.25) is 0 Å². The predicted octanol–water partition coefficient (Wildman–Crippen LogP) is 2.14. The third-order valence-corrected chi connectivity index (χ3v) is 3.14. The minimum Gasteiger partial charge on any atom is -0.458 e. The Labute approximate surface area is 110 Å². The van der Waals surface area contributed by atoms with Gasteiger partial charge >= 0.3 is 5.97 Å². The Morgan fingerprint density at radius 2 is 1.94 bits per heavy atom. The zero-order valence-corrected chi connectivity index (χ0v) is 11.8. The van der Waals surface area contributed by atoms with Gasteiger partial charge in [-0.25, -0.2) is 4.79 Å². The van der Waals surface area contributed by atoms with E-state index in [2.05, 4.69) is 0 Å². The van der Waals surface area contributed by atoms with Crippen LogP contribution in [0.25, 0.3) is 0 Å². The van der Waals surface area contributed by atoms with Gasteiger partial charge in [-0.15, -0.1) is 0 Å². The molecule has 18 heavy (non-hydrogen) atoms. The fraction of sp³-hybridized carbons (Fsp3) is 0.929. The quantitative estimate of drug-likeness (QED) is 0.768. The zero-order chi connectivity index (χ0) is 13.6. The molecule has 0 spiro atoms. The van der Waals surface area contributed by atoms with Crippen molar-refractivity contribution in [2.24, 2.45) is 11.8 Å². The summed E-state index contributed by atoms with van der Waals surface area (Å²) in [5.41, 5.74) is -0.451. The van der Waals surface area contributed by atoms with Gasteiger partial charge in [0.2, 0.25) is 0 Å². The number of carbonyl (C=O) groups excluding carboxylic acids is 1. The lowest BCUT2D eigenvalue weighted by molar-refractivity contribution is -0.160. The van der Waals surface area contributed by atoms with Crippen LogP contribution >= 0.6 is 0 Å². The summed E-state index contributed by atoms with van der Waals surface area (Å²) in [6, 6.07) is 0. The van der Waals surface area contributed by atoms with Crippen LogP contribution in [-0.4, -0.2) is 36.5 Å². The lowest BCUT2D eigenvalue weighted by atomic mass is 9.82. The molecule has 2 atom stereocenters. The fourth-order valence-electron chi connectivity index (χ4n) is 2.40. The second-order valence-corrected chi connectivity index (χ2v) is 6.18. The Hall–Kier alpha value is -0.610. The van der Waals surface area contributed by atoms with Crippen molar-refractivity contribution in [3.8, 4) is 0 Å². The first-order chi connectivity index (χ1) is 8.40. The molecule has 0 aromatic heterocycles. The van der Waals surface area contributed by atoms with Crippen molar-refractivity contribution >= 4 is 5.97 Å². The summed E-state index contributed by atoms with van der Waals surface area (Å²) in [5.74, 6) is 0.573. The monoisotopic (exact) mass is 258 g/mol. The molecular weight excluding hydrogens is 232 g/mol. The first kappa shape index (κ1) is 15.4. The van der Waals surface area contributed by atoms with Crippen molar-refractivity contribution in [2.45, 2.75) is 52.1 Å². The van der Waals surface area contributed by atoms with Gasteiger partial charge in [0, 0.05) is 6.61 Å². The maximum absolute atomic E-state index is 11.4.